The van der Waals surface area contributed by atoms with Gasteiger partial charge in [-0.1, -0.05) is 0 Å². The highest BCUT2D eigenvalue weighted by Gasteiger charge is 1.90. The summed E-state index contributed by atoms with van der Waals surface area (Å²) < 4.78 is 17.2. The SMILES string of the molecule is CO/C=C/C(=O)OC.COC(=O)/C=C/OC(C)=O. The van der Waals surface area contributed by atoms with Crippen LogP contribution in [0.3, 0.4) is 0 Å². The van der Waals surface area contributed by atoms with Crippen LogP contribution in [0.1, 0.15) is 6.92 Å². The van der Waals surface area contributed by atoms with E-state index in [1.807, 2.05) is 0 Å². The molecule has 0 aliphatic rings. The molecule has 0 aromatic carbocycles. The van der Waals surface area contributed by atoms with Crippen LogP contribution < -0.4 is 0 Å². The van der Waals surface area contributed by atoms with Gasteiger partial charge in [-0.3, -0.25) is 4.79 Å². The second-order valence-corrected chi connectivity index (χ2v) is 2.50. The lowest BCUT2D eigenvalue weighted by atomic mass is 10.6. The summed E-state index contributed by atoms with van der Waals surface area (Å²) in [7, 11) is 4.00. The summed E-state index contributed by atoms with van der Waals surface area (Å²) in [6.07, 6.45) is 4.45. The smallest absolute Gasteiger partial charge is 0.333 e. The maximum absolute atomic E-state index is 10.3. The minimum Gasteiger partial charge on any atom is -0.504 e. The number of esters is 3. The van der Waals surface area contributed by atoms with Crippen LogP contribution in [0.2, 0.25) is 0 Å². The molecule has 0 bridgehead atoms. The number of carbonyl (C=O) groups is 3. The van der Waals surface area contributed by atoms with E-state index in [0.717, 1.165) is 12.3 Å². The number of carbonyl (C=O) groups excluding carboxylic acids is 3. The van der Waals surface area contributed by atoms with Crippen molar-refractivity contribution >= 4 is 17.9 Å². The minimum absolute atomic E-state index is 0.410. The number of methoxy groups -OCH3 is 3. The van der Waals surface area contributed by atoms with E-state index >= 15 is 0 Å². The van der Waals surface area contributed by atoms with E-state index in [1.54, 1.807) is 0 Å². The molecule has 0 spiro atoms. The van der Waals surface area contributed by atoms with E-state index in [0.29, 0.717) is 0 Å². The van der Waals surface area contributed by atoms with Crippen LogP contribution in [0.4, 0.5) is 0 Å². The van der Waals surface area contributed by atoms with E-state index in [9.17, 15) is 14.4 Å². The first-order valence-corrected chi connectivity index (χ1v) is 4.66. The Morgan fingerprint density at radius 1 is 0.833 bits per heavy atom. The Morgan fingerprint density at radius 2 is 1.28 bits per heavy atom. The molecule has 0 rings (SSSR count). The Bertz CT molecular complexity index is 317. The summed E-state index contributed by atoms with van der Waals surface area (Å²) in [5, 5.41) is 0. The highest BCUT2D eigenvalue weighted by Crippen LogP contribution is 1.81. The molecule has 102 valence electrons. The molecule has 0 aliphatic carbocycles. The molecule has 0 unspecified atom stereocenters. The Labute approximate surface area is 105 Å². The number of hydrogen-bond acceptors (Lipinski definition) is 7. The molecule has 0 atom stereocenters. The van der Waals surface area contributed by atoms with Crippen LogP contribution in [0.25, 0.3) is 0 Å². The van der Waals surface area contributed by atoms with Crippen LogP contribution >= 0.6 is 0 Å². The van der Waals surface area contributed by atoms with Crippen molar-refractivity contribution in [3.63, 3.8) is 0 Å². The van der Waals surface area contributed by atoms with Crippen LogP contribution in [0.5, 0.6) is 0 Å². The number of hydrogen-bond donors (Lipinski definition) is 0. The van der Waals surface area contributed by atoms with Crippen molar-refractivity contribution < 1.29 is 33.3 Å². The molecule has 0 N–H and O–H groups in total. The molecule has 0 aromatic heterocycles. The van der Waals surface area contributed by atoms with Gasteiger partial charge in [0.15, 0.2) is 0 Å². The van der Waals surface area contributed by atoms with Crippen molar-refractivity contribution in [3.05, 3.63) is 24.7 Å². The van der Waals surface area contributed by atoms with E-state index < -0.39 is 17.9 Å². The van der Waals surface area contributed by atoms with Crippen molar-refractivity contribution in [2.75, 3.05) is 21.3 Å². The van der Waals surface area contributed by atoms with Crippen molar-refractivity contribution in [1.29, 1.82) is 0 Å². The largest absolute Gasteiger partial charge is 0.504 e. The zero-order chi connectivity index (χ0) is 14.4. The molecule has 18 heavy (non-hydrogen) atoms. The molecule has 0 radical (unpaired) electrons. The van der Waals surface area contributed by atoms with Gasteiger partial charge in [0.2, 0.25) is 0 Å². The van der Waals surface area contributed by atoms with Gasteiger partial charge in [-0.05, 0) is 0 Å². The summed E-state index contributed by atoms with van der Waals surface area (Å²) >= 11 is 0. The van der Waals surface area contributed by atoms with Gasteiger partial charge in [0.1, 0.15) is 6.26 Å². The average Bonchev–Trinajstić information content (AvgIpc) is 2.35. The summed E-state index contributed by atoms with van der Waals surface area (Å²) in [6.45, 7) is 1.24. The molecule has 0 aliphatic heterocycles. The third kappa shape index (κ3) is 16.1. The Balaban J connectivity index is 0. The Kier molecular flexibility index (Phi) is 12.8. The fourth-order valence-corrected chi connectivity index (χ4v) is 0.445. The summed E-state index contributed by atoms with van der Waals surface area (Å²) in [5.41, 5.74) is 0. The molecule has 0 fully saturated rings. The second kappa shape index (κ2) is 12.8. The highest BCUT2D eigenvalue weighted by atomic mass is 16.5. The zero-order valence-corrected chi connectivity index (χ0v) is 10.7. The first-order chi connectivity index (χ1) is 8.47. The fraction of sp³-hybridized carbons (Fsp3) is 0.364. The number of rotatable bonds is 4. The van der Waals surface area contributed by atoms with Crippen molar-refractivity contribution in [2.45, 2.75) is 6.92 Å². The summed E-state index contributed by atoms with van der Waals surface area (Å²) in [6, 6.07) is 0. The first kappa shape index (κ1) is 18.1. The van der Waals surface area contributed by atoms with Gasteiger partial charge in [0.25, 0.3) is 0 Å². The molecule has 0 saturated carbocycles. The van der Waals surface area contributed by atoms with Crippen LogP contribution in [0.15, 0.2) is 24.7 Å². The standard InChI is InChI=1S/C6H8O4.C5H8O3/c1-5(7)10-4-3-6(8)9-2;1-7-4-3-5(6)8-2/h3-4H,1-2H3;3-4H,1-2H3/b2*4-3+. The monoisotopic (exact) mass is 260 g/mol. The van der Waals surface area contributed by atoms with E-state index in [4.69, 9.17) is 0 Å². The highest BCUT2D eigenvalue weighted by molar-refractivity contribution is 5.82. The zero-order valence-electron chi connectivity index (χ0n) is 10.7. The van der Waals surface area contributed by atoms with Crippen LogP contribution in [0, 0.1) is 0 Å². The third-order valence-electron chi connectivity index (χ3n) is 1.18. The molecular weight excluding hydrogens is 244 g/mol. The van der Waals surface area contributed by atoms with Crippen molar-refractivity contribution in [2.24, 2.45) is 0 Å². The molecule has 0 aromatic rings. The third-order valence-corrected chi connectivity index (χ3v) is 1.18. The summed E-state index contributed by atoms with van der Waals surface area (Å²) in [5.74, 6) is -1.44. The van der Waals surface area contributed by atoms with Gasteiger partial charge in [-0.15, -0.1) is 0 Å². The predicted octanol–water partition coefficient (Wildman–Crippen LogP) is 0.556. The predicted molar refractivity (Wildman–Crippen MR) is 61.1 cm³/mol. The number of ether oxygens (including phenoxy) is 4. The minimum atomic E-state index is -0.554. The Morgan fingerprint density at radius 3 is 1.61 bits per heavy atom. The summed E-state index contributed by atoms with van der Waals surface area (Å²) in [4.78, 5) is 30.6. The fourth-order valence-electron chi connectivity index (χ4n) is 0.445. The Hall–Kier alpha value is -2.31. The molecule has 0 saturated heterocycles. The van der Waals surface area contributed by atoms with E-state index in [2.05, 4.69) is 18.9 Å². The quantitative estimate of drug-likeness (QED) is 0.316. The van der Waals surface area contributed by atoms with Crippen LogP contribution in [-0.4, -0.2) is 39.2 Å². The van der Waals surface area contributed by atoms with Gasteiger partial charge in [0, 0.05) is 6.92 Å². The topological polar surface area (TPSA) is 88.1 Å². The molecule has 7 heteroatoms. The van der Waals surface area contributed by atoms with Crippen molar-refractivity contribution in [3.8, 4) is 0 Å². The molecule has 0 heterocycles. The van der Waals surface area contributed by atoms with E-state index in [1.165, 1.54) is 40.6 Å². The lowest BCUT2D eigenvalue weighted by Gasteiger charge is -1.90. The maximum Gasteiger partial charge on any atom is 0.333 e. The molecule has 0 amide bonds. The lowest BCUT2D eigenvalue weighted by Crippen LogP contribution is -1.96. The normalized spacial score (nSPS) is 9.33. The first-order valence-electron chi connectivity index (χ1n) is 4.66. The van der Waals surface area contributed by atoms with E-state index in [-0.39, 0.29) is 0 Å². The van der Waals surface area contributed by atoms with Crippen molar-refractivity contribution in [1.82, 2.24) is 0 Å². The van der Waals surface area contributed by atoms with Gasteiger partial charge in [-0.25, -0.2) is 9.59 Å². The van der Waals surface area contributed by atoms with Gasteiger partial charge in [0.05, 0.1) is 39.7 Å². The maximum atomic E-state index is 10.3. The molecular formula is C11H16O7. The van der Waals surface area contributed by atoms with Crippen LogP contribution in [-0.2, 0) is 33.3 Å². The van der Waals surface area contributed by atoms with Gasteiger partial charge in [-0.2, -0.15) is 0 Å². The second-order valence-electron chi connectivity index (χ2n) is 2.50. The van der Waals surface area contributed by atoms with Gasteiger partial charge >= 0.3 is 17.9 Å². The van der Waals surface area contributed by atoms with Gasteiger partial charge < -0.3 is 18.9 Å². The lowest BCUT2D eigenvalue weighted by molar-refractivity contribution is -0.137. The average molecular weight is 260 g/mol. The molecule has 7 nitrogen and oxygen atoms in total.